The summed E-state index contributed by atoms with van der Waals surface area (Å²) in [4.78, 5) is 26.0. The van der Waals surface area contributed by atoms with E-state index < -0.39 is 0 Å². The van der Waals surface area contributed by atoms with Crippen LogP contribution in [-0.4, -0.2) is 59.8 Å². The molecule has 1 N–H and O–H groups in total. The van der Waals surface area contributed by atoms with Gasteiger partial charge in [0, 0.05) is 26.7 Å². The van der Waals surface area contributed by atoms with Crippen LogP contribution in [0.3, 0.4) is 0 Å². The van der Waals surface area contributed by atoms with E-state index in [2.05, 4.69) is 15.5 Å². The van der Waals surface area contributed by atoms with Gasteiger partial charge in [-0.05, 0) is 13.8 Å². The molecule has 0 bridgehead atoms. The molecule has 0 aromatic carbocycles. The summed E-state index contributed by atoms with van der Waals surface area (Å²) in [5, 5.41) is 11.7. The molecule has 8 nitrogen and oxygen atoms in total. The van der Waals surface area contributed by atoms with E-state index in [4.69, 9.17) is 9.47 Å². The van der Waals surface area contributed by atoms with Crippen molar-refractivity contribution in [1.29, 1.82) is 0 Å². The van der Waals surface area contributed by atoms with Crippen LogP contribution >= 0.6 is 11.3 Å². The van der Waals surface area contributed by atoms with Crippen molar-refractivity contribution in [3.63, 3.8) is 0 Å². The summed E-state index contributed by atoms with van der Waals surface area (Å²) in [7, 11) is 1.59. The number of amides is 2. The standard InChI is InChI=1S/C14H22N4O4S/c1-4-22-8-11-16-17-14(23-11)15-13(20)10-5-12(19)18(6-10)9(2)7-21-3/h9-10H,4-8H2,1-3H3,(H,15,17,20)/t9-,10-/m1/s1. The van der Waals surface area contributed by atoms with Gasteiger partial charge in [-0.2, -0.15) is 0 Å². The average Bonchev–Trinajstić information content (AvgIpc) is 3.12. The third-order valence-corrected chi connectivity index (χ3v) is 4.41. The Balaban J connectivity index is 1.89. The van der Waals surface area contributed by atoms with Crippen molar-refractivity contribution in [2.24, 2.45) is 5.92 Å². The number of aromatic nitrogens is 2. The maximum atomic E-state index is 12.3. The van der Waals surface area contributed by atoms with Crippen molar-refractivity contribution < 1.29 is 19.1 Å². The SMILES string of the molecule is CCOCc1nnc(NC(=O)[C@@H]2CC(=O)N([C@H](C)COC)C2)s1. The molecule has 0 unspecified atom stereocenters. The minimum absolute atomic E-state index is 0.0241. The third-order valence-electron chi connectivity index (χ3n) is 3.60. The number of methoxy groups -OCH3 is 1. The molecule has 128 valence electrons. The minimum Gasteiger partial charge on any atom is -0.383 e. The van der Waals surface area contributed by atoms with Crippen LogP contribution in [0.2, 0.25) is 0 Å². The minimum atomic E-state index is -0.374. The van der Waals surface area contributed by atoms with Gasteiger partial charge in [0.1, 0.15) is 11.6 Å². The molecule has 0 radical (unpaired) electrons. The number of nitrogens with one attached hydrogen (secondary N) is 1. The normalized spacial score (nSPS) is 19.2. The predicted octanol–water partition coefficient (Wildman–Crippen LogP) is 0.896. The smallest absolute Gasteiger partial charge is 0.231 e. The number of anilines is 1. The first kappa shape index (κ1) is 17.8. The van der Waals surface area contributed by atoms with Crippen LogP contribution in [-0.2, 0) is 25.7 Å². The van der Waals surface area contributed by atoms with Crippen LogP contribution in [0.5, 0.6) is 0 Å². The number of hydrogen-bond donors (Lipinski definition) is 1. The molecular formula is C14H22N4O4S. The number of rotatable bonds is 8. The summed E-state index contributed by atoms with van der Waals surface area (Å²) < 4.78 is 10.3. The zero-order valence-electron chi connectivity index (χ0n) is 13.6. The largest absolute Gasteiger partial charge is 0.383 e. The molecule has 23 heavy (non-hydrogen) atoms. The number of hydrogen-bond acceptors (Lipinski definition) is 7. The molecule has 9 heteroatoms. The summed E-state index contributed by atoms with van der Waals surface area (Å²) in [6.07, 6.45) is 0.213. The van der Waals surface area contributed by atoms with E-state index in [9.17, 15) is 9.59 Å². The van der Waals surface area contributed by atoms with Gasteiger partial charge in [-0.3, -0.25) is 9.59 Å². The van der Waals surface area contributed by atoms with Crippen molar-refractivity contribution in [3.05, 3.63) is 5.01 Å². The van der Waals surface area contributed by atoms with E-state index in [1.165, 1.54) is 11.3 Å². The molecule has 1 fully saturated rings. The van der Waals surface area contributed by atoms with Gasteiger partial charge in [0.2, 0.25) is 16.9 Å². The Hall–Kier alpha value is -1.58. The Morgan fingerprint density at radius 1 is 1.52 bits per heavy atom. The highest BCUT2D eigenvalue weighted by molar-refractivity contribution is 7.15. The molecule has 2 rings (SSSR count). The van der Waals surface area contributed by atoms with Crippen LogP contribution in [0.25, 0.3) is 0 Å². The van der Waals surface area contributed by atoms with E-state index in [-0.39, 0.29) is 30.2 Å². The Morgan fingerprint density at radius 3 is 3.00 bits per heavy atom. The molecule has 0 spiro atoms. The van der Waals surface area contributed by atoms with Crippen LogP contribution in [0.4, 0.5) is 5.13 Å². The lowest BCUT2D eigenvalue weighted by molar-refractivity contribution is -0.130. The van der Waals surface area contributed by atoms with Gasteiger partial charge >= 0.3 is 0 Å². The van der Waals surface area contributed by atoms with Crippen LogP contribution in [0.1, 0.15) is 25.3 Å². The first-order chi connectivity index (χ1) is 11.0. The van der Waals surface area contributed by atoms with Crippen molar-refractivity contribution in [1.82, 2.24) is 15.1 Å². The van der Waals surface area contributed by atoms with Gasteiger partial charge in [0.25, 0.3) is 0 Å². The zero-order chi connectivity index (χ0) is 16.8. The monoisotopic (exact) mass is 342 g/mol. The maximum absolute atomic E-state index is 12.3. The Kier molecular flexibility index (Phi) is 6.43. The molecule has 2 amide bonds. The summed E-state index contributed by atoms with van der Waals surface area (Å²) in [6.45, 7) is 5.65. The second-order valence-electron chi connectivity index (χ2n) is 5.38. The highest BCUT2D eigenvalue weighted by atomic mass is 32.1. The van der Waals surface area contributed by atoms with E-state index >= 15 is 0 Å². The second kappa shape index (κ2) is 8.32. The predicted molar refractivity (Wildman–Crippen MR) is 85.0 cm³/mol. The van der Waals surface area contributed by atoms with Gasteiger partial charge in [0.05, 0.1) is 18.6 Å². The Labute approximate surface area is 139 Å². The second-order valence-corrected chi connectivity index (χ2v) is 6.44. The number of carbonyl (C=O) groups excluding carboxylic acids is 2. The van der Waals surface area contributed by atoms with Crippen molar-refractivity contribution >= 4 is 28.3 Å². The Morgan fingerprint density at radius 2 is 2.30 bits per heavy atom. The molecule has 2 atom stereocenters. The fourth-order valence-corrected chi connectivity index (χ4v) is 3.10. The van der Waals surface area contributed by atoms with Gasteiger partial charge in [-0.25, -0.2) is 0 Å². The molecule has 0 saturated carbocycles. The summed E-state index contributed by atoms with van der Waals surface area (Å²) in [5.74, 6) is -0.602. The molecular weight excluding hydrogens is 320 g/mol. The quantitative estimate of drug-likeness (QED) is 0.754. The summed E-state index contributed by atoms with van der Waals surface area (Å²) >= 11 is 1.28. The topological polar surface area (TPSA) is 93.7 Å². The Bertz CT molecular complexity index is 551. The van der Waals surface area contributed by atoms with Gasteiger partial charge in [0.15, 0.2) is 0 Å². The number of carbonyl (C=O) groups is 2. The average molecular weight is 342 g/mol. The lowest BCUT2D eigenvalue weighted by Crippen LogP contribution is -2.38. The molecule has 1 aliphatic heterocycles. The molecule has 1 saturated heterocycles. The molecule has 1 aromatic heterocycles. The third kappa shape index (κ3) is 4.69. The lowest BCUT2D eigenvalue weighted by atomic mass is 10.1. The maximum Gasteiger partial charge on any atom is 0.231 e. The van der Waals surface area contributed by atoms with Crippen molar-refractivity contribution in [2.45, 2.75) is 32.9 Å². The molecule has 2 heterocycles. The number of ether oxygens (including phenoxy) is 2. The first-order valence-electron chi connectivity index (χ1n) is 7.54. The molecule has 1 aromatic rings. The highest BCUT2D eigenvalue weighted by Crippen LogP contribution is 2.23. The molecule has 0 aliphatic carbocycles. The van der Waals surface area contributed by atoms with E-state index in [0.29, 0.717) is 36.5 Å². The fourth-order valence-electron chi connectivity index (χ4n) is 2.42. The summed E-state index contributed by atoms with van der Waals surface area (Å²) in [5.41, 5.74) is 0. The lowest BCUT2D eigenvalue weighted by Gasteiger charge is -2.23. The van der Waals surface area contributed by atoms with Crippen LogP contribution < -0.4 is 5.32 Å². The van der Waals surface area contributed by atoms with Crippen molar-refractivity contribution in [3.8, 4) is 0 Å². The van der Waals surface area contributed by atoms with E-state index in [0.717, 1.165) is 0 Å². The van der Waals surface area contributed by atoms with Gasteiger partial charge < -0.3 is 19.7 Å². The van der Waals surface area contributed by atoms with Gasteiger partial charge in [-0.15, -0.1) is 10.2 Å². The van der Waals surface area contributed by atoms with E-state index in [1.807, 2.05) is 13.8 Å². The number of likely N-dealkylation sites (tertiary alicyclic amines) is 1. The zero-order valence-corrected chi connectivity index (χ0v) is 14.4. The fraction of sp³-hybridized carbons (Fsp3) is 0.714. The van der Waals surface area contributed by atoms with Crippen LogP contribution in [0, 0.1) is 5.92 Å². The van der Waals surface area contributed by atoms with Crippen LogP contribution in [0.15, 0.2) is 0 Å². The number of nitrogens with zero attached hydrogens (tertiary/aromatic N) is 3. The highest BCUT2D eigenvalue weighted by Gasteiger charge is 2.36. The summed E-state index contributed by atoms with van der Waals surface area (Å²) in [6, 6.07) is -0.0374. The van der Waals surface area contributed by atoms with Gasteiger partial charge in [-0.1, -0.05) is 11.3 Å². The first-order valence-corrected chi connectivity index (χ1v) is 8.36. The molecule has 1 aliphatic rings. The van der Waals surface area contributed by atoms with Crippen molar-refractivity contribution in [2.75, 3.05) is 32.2 Å². The van der Waals surface area contributed by atoms with E-state index in [1.54, 1.807) is 12.0 Å².